The summed E-state index contributed by atoms with van der Waals surface area (Å²) in [6.45, 7) is 2.67. The first-order valence-electron chi connectivity index (χ1n) is 8.63. The molecule has 0 saturated carbocycles. The topological polar surface area (TPSA) is 55.6 Å². The Labute approximate surface area is 163 Å². The summed E-state index contributed by atoms with van der Waals surface area (Å²) in [5.41, 5.74) is 5.96. The molecule has 1 fully saturated rings. The van der Waals surface area contributed by atoms with Gasteiger partial charge in [0.25, 0.3) is 0 Å². The van der Waals surface area contributed by atoms with E-state index >= 15 is 0 Å². The lowest BCUT2D eigenvalue weighted by molar-refractivity contribution is -0.138. The molecule has 27 heavy (non-hydrogen) atoms. The molecule has 0 spiro atoms. The predicted octanol–water partition coefficient (Wildman–Crippen LogP) is 3.63. The molecule has 1 aliphatic heterocycles. The van der Waals surface area contributed by atoms with E-state index in [1.165, 1.54) is 6.07 Å². The van der Waals surface area contributed by atoms with Gasteiger partial charge in [-0.1, -0.05) is 30.3 Å². The number of hydrogen-bond acceptors (Lipinski definition) is 3. The molecular formula is C20H23ClF2N2O2. The lowest BCUT2D eigenvalue weighted by Crippen LogP contribution is -2.53. The van der Waals surface area contributed by atoms with E-state index in [2.05, 4.69) is 0 Å². The maximum Gasteiger partial charge on any atom is 0.246 e. The Morgan fingerprint density at radius 3 is 2.37 bits per heavy atom. The summed E-state index contributed by atoms with van der Waals surface area (Å²) in [5, 5.41) is 0. The zero-order valence-electron chi connectivity index (χ0n) is 15.0. The van der Waals surface area contributed by atoms with Crippen LogP contribution in [-0.4, -0.2) is 30.0 Å². The molecule has 0 bridgehead atoms. The second kappa shape index (κ2) is 8.67. The number of rotatable bonds is 4. The maximum atomic E-state index is 13.7. The van der Waals surface area contributed by atoms with Gasteiger partial charge in [-0.15, -0.1) is 12.4 Å². The van der Waals surface area contributed by atoms with Gasteiger partial charge in [-0.05, 0) is 24.6 Å². The number of hydrogen-bond donors (Lipinski definition) is 1. The number of carbonyl (C=O) groups is 1. The third-order valence-corrected chi connectivity index (χ3v) is 4.73. The average molecular weight is 397 g/mol. The number of amides is 1. The van der Waals surface area contributed by atoms with E-state index in [9.17, 15) is 13.6 Å². The SMILES string of the molecule is CC(N)(C(=O)N1CCC(Oc2ccc(F)cc2F)CC1)c1ccccc1.Cl. The minimum Gasteiger partial charge on any atom is -0.487 e. The molecule has 0 radical (unpaired) electrons. The minimum atomic E-state index is -1.10. The van der Waals surface area contributed by atoms with Gasteiger partial charge >= 0.3 is 0 Å². The Morgan fingerprint density at radius 1 is 1.15 bits per heavy atom. The minimum absolute atomic E-state index is 0. The van der Waals surface area contributed by atoms with Crippen molar-refractivity contribution in [1.82, 2.24) is 4.90 Å². The molecular weight excluding hydrogens is 374 g/mol. The molecule has 3 rings (SSSR count). The first-order chi connectivity index (χ1) is 12.4. The Hall–Kier alpha value is -2.18. The zero-order valence-corrected chi connectivity index (χ0v) is 15.8. The molecule has 4 nitrogen and oxygen atoms in total. The van der Waals surface area contributed by atoms with Crippen LogP contribution in [0.3, 0.4) is 0 Å². The fourth-order valence-electron chi connectivity index (χ4n) is 3.16. The van der Waals surface area contributed by atoms with Crippen LogP contribution in [0.1, 0.15) is 25.3 Å². The normalized spacial score (nSPS) is 17.0. The molecule has 2 N–H and O–H groups in total. The molecule has 7 heteroatoms. The largest absolute Gasteiger partial charge is 0.487 e. The van der Waals surface area contributed by atoms with Gasteiger partial charge in [-0.2, -0.15) is 0 Å². The molecule has 1 atom stereocenters. The number of nitrogens with two attached hydrogens (primary N) is 1. The van der Waals surface area contributed by atoms with Crippen molar-refractivity contribution >= 4 is 18.3 Å². The van der Waals surface area contributed by atoms with Crippen molar-refractivity contribution in [3.8, 4) is 5.75 Å². The summed E-state index contributed by atoms with van der Waals surface area (Å²) in [6, 6.07) is 12.5. The molecule has 1 aliphatic rings. The fourth-order valence-corrected chi connectivity index (χ4v) is 3.16. The van der Waals surface area contributed by atoms with Gasteiger partial charge in [0.15, 0.2) is 11.6 Å². The van der Waals surface area contributed by atoms with Crippen molar-refractivity contribution in [1.29, 1.82) is 0 Å². The summed E-state index contributed by atoms with van der Waals surface area (Å²) in [6.07, 6.45) is 0.903. The summed E-state index contributed by atoms with van der Waals surface area (Å²) in [5.74, 6) is -1.47. The first kappa shape index (κ1) is 21.1. The number of piperidine rings is 1. The highest BCUT2D eigenvalue weighted by Gasteiger charge is 2.36. The van der Waals surface area contributed by atoms with E-state index in [1.54, 1.807) is 11.8 Å². The van der Waals surface area contributed by atoms with Crippen LogP contribution in [0.2, 0.25) is 0 Å². The van der Waals surface area contributed by atoms with Gasteiger partial charge < -0.3 is 15.4 Å². The monoisotopic (exact) mass is 396 g/mol. The molecule has 2 aromatic carbocycles. The molecule has 1 unspecified atom stereocenters. The Kier molecular flexibility index (Phi) is 6.78. The van der Waals surface area contributed by atoms with Crippen LogP contribution in [0.15, 0.2) is 48.5 Å². The van der Waals surface area contributed by atoms with Crippen molar-refractivity contribution in [2.24, 2.45) is 5.73 Å². The second-order valence-corrected chi connectivity index (χ2v) is 6.75. The number of nitrogens with zero attached hydrogens (tertiary/aromatic N) is 1. The molecule has 0 aliphatic carbocycles. The van der Waals surface area contributed by atoms with Crippen molar-refractivity contribution in [2.75, 3.05) is 13.1 Å². The number of carbonyl (C=O) groups excluding carboxylic acids is 1. The van der Waals surface area contributed by atoms with Crippen LogP contribution in [0.25, 0.3) is 0 Å². The molecule has 146 valence electrons. The van der Waals surface area contributed by atoms with Crippen molar-refractivity contribution < 1.29 is 18.3 Å². The van der Waals surface area contributed by atoms with Crippen LogP contribution in [-0.2, 0) is 10.3 Å². The van der Waals surface area contributed by atoms with Gasteiger partial charge in [0.2, 0.25) is 5.91 Å². The molecule has 1 heterocycles. The molecule has 1 amide bonds. The molecule has 2 aromatic rings. The van der Waals surface area contributed by atoms with Crippen LogP contribution in [0, 0.1) is 11.6 Å². The van der Waals surface area contributed by atoms with Crippen molar-refractivity contribution in [3.05, 3.63) is 65.7 Å². The quantitative estimate of drug-likeness (QED) is 0.858. The third-order valence-electron chi connectivity index (χ3n) is 4.73. The Morgan fingerprint density at radius 2 is 1.78 bits per heavy atom. The standard InChI is InChI=1S/C20H22F2N2O2.ClH/c1-20(23,14-5-3-2-4-6-14)19(25)24-11-9-16(10-12-24)26-18-8-7-15(21)13-17(18)22;/h2-8,13,16H,9-12,23H2,1H3;1H. The number of halogens is 3. The van der Waals surface area contributed by atoms with E-state index in [1.807, 2.05) is 30.3 Å². The Balaban J connectivity index is 0.00000261. The first-order valence-corrected chi connectivity index (χ1v) is 8.63. The van der Waals surface area contributed by atoms with E-state index < -0.39 is 17.2 Å². The Bertz CT molecular complexity index is 779. The van der Waals surface area contributed by atoms with Gasteiger partial charge in [0.05, 0.1) is 0 Å². The lowest BCUT2D eigenvalue weighted by Gasteiger charge is -2.37. The summed E-state index contributed by atoms with van der Waals surface area (Å²) in [4.78, 5) is 14.6. The summed E-state index contributed by atoms with van der Waals surface area (Å²) < 4.78 is 32.3. The predicted molar refractivity (Wildman–Crippen MR) is 102 cm³/mol. The third kappa shape index (κ3) is 4.76. The maximum absolute atomic E-state index is 13.7. The van der Waals surface area contributed by atoms with Gasteiger partial charge in [0.1, 0.15) is 17.5 Å². The average Bonchev–Trinajstić information content (AvgIpc) is 2.65. The van der Waals surface area contributed by atoms with E-state index in [0.29, 0.717) is 25.9 Å². The van der Waals surface area contributed by atoms with Crippen LogP contribution >= 0.6 is 12.4 Å². The van der Waals surface area contributed by atoms with Crippen molar-refractivity contribution in [2.45, 2.75) is 31.4 Å². The van der Waals surface area contributed by atoms with Crippen LogP contribution in [0.4, 0.5) is 8.78 Å². The second-order valence-electron chi connectivity index (χ2n) is 6.75. The van der Waals surface area contributed by atoms with Gasteiger partial charge in [-0.25, -0.2) is 8.78 Å². The van der Waals surface area contributed by atoms with Gasteiger partial charge in [0, 0.05) is 32.0 Å². The van der Waals surface area contributed by atoms with Crippen LogP contribution < -0.4 is 10.5 Å². The smallest absolute Gasteiger partial charge is 0.246 e. The molecule has 1 saturated heterocycles. The highest BCUT2D eigenvalue weighted by Crippen LogP contribution is 2.26. The summed E-state index contributed by atoms with van der Waals surface area (Å²) >= 11 is 0. The van der Waals surface area contributed by atoms with E-state index in [4.69, 9.17) is 10.5 Å². The number of benzene rings is 2. The lowest BCUT2D eigenvalue weighted by atomic mass is 9.90. The van der Waals surface area contributed by atoms with Crippen LogP contribution in [0.5, 0.6) is 5.75 Å². The number of likely N-dealkylation sites (tertiary alicyclic amines) is 1. The van der Waals surface area contributed by atoms with Gasteiger partial charge in [-0.3, -0.25) is 4.79 Å². The fraction of sp³-hybridized carbons (Fsp3) is 0.350. The van der Waals surface area contributed by atoms with Crippen molar-refractivity contribution in [3.63, 3.8) is 0 Å². The van der Waals surface area contributed by atoms with E-state index in [-0.39, 0.29) is 30.2 Å². The zero-order chi connectivity index (χ0) is 18.7. The highest BCUT2D eigenvalue weighted by atomic mass is 35.5. The highest BCUT2D eigenvalue weighted by molar-refractivity contribution is 5.87. The number of ether oxygens (including phenoxy) is 1. The molecule has 0 aromatic heterocycles. The summed E-state index contributed by atoms with van der Waals surface area (Å²) in [7, 11) is 0. The van der Waals surface area contributed by atoms with E-state index in [0.717, 1.165) is 17.7 Å².